The molecule has 0 saturated carbocycles. The molecule has 0 aliphatic carbocycles. The lowest BCUT2D eigenvalue weighted by molar-refractivity contribution is 0.481. The van der Waals surface area contributed by atoms with Gasteiger partial charge in [0.15, 0.2) is 0 Å². The Morgan fingerprint density at radius 1 is 1.47 bits per heavy atom. The van der Waals surface area contributed by atoms with E-state index in [-0.39, 0.29) is 5.56 Å². The highest BCUT2D eigenvalue weighted by atomic mass is 16.1. The summed E-state index contributed by atoms with van der Waals surface area (Å²) in [5.41, 5.74) is 0.837. The first-order chi connectivity index (χ1) is 8.13. The van der Waals surface area contributed by atoms with Crippen molar-refractivity contribution in [3.05, 3.63) is 28.4 Å². The molecule has 0 radical (unpaired) electrons. The lowest BCUT2D eigenvalue weighted by Gasteiger charge is -2.11. The van der Waals surface area contributed by atoms with Crippen molar-refractivity contribution in [1.82, 2.24) is 14.9 Å². The predicted molar refractivity (Wildman–Crippen MR) is 70.2 cm³/mol. The van der Waals surface area contributed by atoms with Crippen LogP contribution in [0, 0.1) is 6.92 Å². The Morgan fingerprint density at radius 2 is 2.24 bits per heavy atom. The fourth-order valence-corrected chi connectivity index (χ4v) is 1.87. The molecule has 0 aliphatic heterocycles. The zero-order chi connectivity index (χ0) is 12.7. The van der Waals surface area contributed by atoms with Gasteiger partial charge in [-0.15, -0.1) is 0 Å². The van der Waals surface area contributed by atoms with Gasteiger partial charge in [0.25, 0.3) is 5.56 Å². The molecule has 17 heavy (non-hydrogen) atoms. The average molecular weight is 237 g/mol. The lowest BCUT2D eigenvalue weighted by Crippen LogP contribution is -2.25. The van der Waals surface area contributed by atoms with Gasteiger partial charge in [0, 0.05) is 24.3 Å². The largest absolute Gasteiger partial charge is 0.315 e. The Balaban J connectivity index is 2.29. The summed E-state index contributed by atoms with van der Waals surface area (Å²) in [6.07, 6.45) is 4.96. The van der Waals surface area contributed by atoms with Crippen LogP contribution in [0.15, 0.2) is 17.2 Å². The molecule has 1 aromatic rings. The van der Waals surface area contributed by atoms with Gasteiger partial charge in [-0.2, -0.15) is 0 Å². The molecule has 1 atom stereocenters. The zero-order valence-electron chi connectivity index (χ0n) is 11.1. The minimum absolute atomic E-state index is 0.0530. The third-order valence-electron chi connectivity index (χ3n) is 2.85. The van der Waals surface area contributed by atoms with E-state index in [2.05, 4.69) is 24.1 Å². The van der Waals surface area contributed by atoms with Crippen molar-refractivity contribution in [2.45, 2.75) is 52.6 Å². The number of hydrogen-bond acceptors (Lipinski definition) is 3. The van der Waals surface area contributed by atoms with Crippen molar-refractivity contribution in [2.75, 3.05) is 6.54 Å². The number of hydrogen-bond donors (Lipinski definition) is 1. The summed E-state index contributed by atoms with van der Waals surface area (Å²) in [5, 5.41) is 3.38. The molecule has 0 bridgehead atoms. The maximum absolute atomic E-state index is 11.6. The molecule has 0 amide bonds. The van der Waals surface area contributed by atoms with Crippen molar-refractivity contribution >= 4 is 0 Å². The fourth-order valence-electron chi connectivity index (χ4n) is 1.87. The first-order valence-corrected chi connectivity index (χ1v) is 6.40. The highest BCUT2D eigenvalue weighted by Crippen LogP contribution is 2.01. The van der Waals surface area contributed by atoms with Crippen LogP contribution in [0.1, 0.15) is 38.8 Å². The Bertz CT molecular complexity index is 386. The van der Waals surface area contributed by atoms with Crippen LogP contribution < -0.4 is 10.9 Å². The van der Waals surface area contributed by atoms with E-state index >= 15 is 0 Å². The maximum Gasteiger partial charge on any atom is 0.253 e. The van der Waals surface area contributed by atoms with E-state index in [0.29, 0.717) is 6.04 Å². The van der Waals surface area contributed by atoms with E-state index in [9.17, 15) is 4.79 Å². The van der Waals surface area contributed by atoms with E-state index in [1.165, 1.54) is 0 Å². The van der Waals surface area contributed by atoms with Gasteiger partial charge < -0.3 is 5.32 Å². The topological polar surface area (TPSA) is 46.9 Å². The molecule has 0 saturated heterocycles. The summed E-state index contributed by atoms with van der Waals surface area (Å²) in [4.78, 5) is 15.7. The Morgan fingerprint density at radius 3 is 2.88 bits per heavy atom. The van der Waals surface area contributed by atoms with Gasteiger partial charge in [0.2, 0.25) is 0 Å². The molecule has 1 unspecified atom stereocenters. The molecule has 0 aliphatic rings. The molecule has 1 rings (SSSR count). The molecule has 4 nitrogen and oxygen atoms in total. The van der Waals surface area contributed by atoms with Crippen LogP contribution in [0.25, 0.3) is 0 Å². The maximum atomic E-state index is 11.6. The van der Waals surface area contributed by atoms with E-state index in [1.807, 2.05) is 6.92 Å². The zero-order valence-corrected chi connectivity index (χ0v) is 11.1. The molecule has 1 aromatic heterocycles. The second kappa shape index (κ2) is 7.22. The van der Waals surface area contributed by atoms with Crippen LogP contribution in [0.2, 0.25) is 0 Å². The van der Waals surface area contributed by atoms with Gasteiger partial charge in [-0.25, -0.2) is 4.98 Å². The average Bonchev–Trinajstić information content (AvgIpc) is 2.27. The number of unbranched alkanes of at least 4 members (excludes halogenated alkanes) is 1. The number of aryl methyl sites for hydroxylation is 2. The van der Waals surface area contributed by atoms with E-state index in [1.54, 1.807) is 17.0 Å². The van der Waals surface area contributed by atoms with Crippen LogP contribution >= 0.6 is 0 Å². The van der Waals surface area contributed by atoms with Gasteiger partial charge in [-0.05, 0) is 33.2 Å². The van der Waals surface area contributed by atoms with Crippen LogP contribution in [0.5, 0.6) is 0 Å². The molecule has 96 valence electrons. The summed E-state index contributed by atoms with van der Waals surface area (Å²) in [6, 6.07) is 2.15. The second-order valence-electron chi connectivity index (χ2n) is 4.52. The summed E-state index contributed by atoms with van der Waals surface area (Å²) in [5.74, 6) is 0. The van der Waals surface area contributed by atoms with Crippen LogP contribution in [-0.2, 0) is 6.54 Å². The number of nitrogens with one attached hydrogen (secondary N) is 1. The lowest BCUT2D eigenvalue weighted by atomic mass is 10.1. The van der Waals surface area contributed by atoms with Crippen LogP contribution in [0.4, 0.5) is 0 Å². The molecule has 0 spiro atoms. The number of rotatable bonds is 7. The highest BCUT2D eigenvalue weighted by molar-refractivity contribution is 4.95. The summed E-state index contributed by atoms with van der Waals surface area (Å²) in [7, 11) is 0. The van der Waals surface area contributed by atoms with Gasteiger partial charge >= 0.3 is 0 Å². The monoisotopic (exact) mass is 237 g/mol. The third kappa shape index (κ3) is 5.13. The van der Waals surface area contributed by atoms with E-state index in [0.717, 1.165) is 38.0 Å². The molecular formula is C13H23N3O. The Hall–Kier alpha value is -1.16. The highest BCUT2D eigenvalue weighted by Gasteiger charge is 2.00. The van der Waals surface area contributed by atoms with Gasteiger partial charge in [0.1, 0.15) is 0 Å². The normalized spacial score (nSPS) is 12.6. The van der Waals surface area contributed by atoms with Crippen molar-refractivity contribution in [2.24, 2.45) is 0 Å². The van der Waals surface area contributed by atoms with E-state index < -0.39 is 0 Å². The first-order valence-electron chi connectivity index (χ1n) is 6.40. The minimum Gasteiger partial charge on any atom is -0.315 e. The quantitative estimate of drug-likeness (QED) is 0.735. The molecule has 4 heteroatoms. The Kier molecular flexibility index (Phi) is 5.91. The summed E-state index contributed by atoms with van der Waals surface area (Å²) in [6.45, 7) is 7.94. The van der Waals surface area contributed by atoms with Crippen molar-refractivity contribution in [1.29, 1.82) is 0 Å². The summed E-state index contributed by atoms with van der Waals surface area (Å²) >= 11 is 0. The van der Waals surface area contributed by atoms with Crippen molar-refractivity contribution in [3.63, 3.8) is 0 Å². The molecule has 0 fully saturated rings. The van der Waals surface area contributed by atoms with Crippen LogP contribution in [-0.4, -0.2) is 22.1 Å². The van der Waals surface area contributed by atoms with Gasteiger partial charge in [0.05, 0.1) is 6.33 Å². The van der Waals surface area contributed by atoms with Gasteiger partial charge in [-0.3, -0.25) is 9.36 Å². The molecule has 1 N–H and O–H groups in total. The second-order valence-corrected chi connectivity index (χ2v) is 4.52. The standard InChI is InChI=1S/C13H23N3O/c1-4-14-11(2)7-5-6-8-16-10-15-12(3)9-13(16)17/h9-11,14H,4-8H2,1-3H3. The Labute approximate surface area is 103 Å². The predicted octanol–water partition coefficient (Wildman–Crippen LogP) is 1.72. The molecular weight excluding hydrogens is 214 g/mol. The first kappa shape index (κ1) is 13.9. The van der Waals surface area contributed by atoms with Crippen molar-refractivity contribution < 1.29 is 0 Å². The molecule has 0 aromatic carbocycles. The fraction of sp³-hybridized carbons (Fsp3) is 0.692. The number of aromatic nitrogens is 2. The smallest absolute Gasteiger partial charge is 0.253 e. The van der Waals surface area contributed by atoms with Crippen molar-refractivity contribution in [3.8, 4) is 0 Å². The summed E-state index contributed by atoms with van der Waals surface area (Å²) < 4.78 is 1.69. The third-order valence-corrected chi connectivity index (χ3v) is 2.85. The minimum atomic E-state index is 0.0530. The SMILES string of the molecule is CCNC(C)CCCCn1cnc(C)cc1=O. The van der Waals surface area contributed by atoms with E-state index in [4.69, 9.17) is 0 Å². The van der Waals surface area contributed by atoms with Gasteiger partial charge in [-0.1, -0.05) is 13.3 Å². The number of nitrogens with zero attached hydrogens (tertiary/aromatic N) is 2. The molecule has 1 heterocycles. The van der Waals surface area contributed by atoms with Crippen LogP contribution in [0.3, 0.4) is 0 Å².